The molecule has 1 heterocycles. The van der Waals surface area contributed by atoms with Crippen molar-refractivity contribution in [3.63, 3.8) is 0 Å². The molecule has 0 amide bonds. The molecule has 0 atom stereocenters. The molecule has 20 heavy (non-hydrogen) atoms. The van der Waals surface area contributed by atoms with Gasteiger partial charge in [-0.1, -0.05) is 12.8 Å². The van der Waals surface area contributed by atoms with Gasteiger partial charge in [0.05, 0.1) is 5.01 Å². The first kappa shape index (κ1) is 14.5. The van der Waals surface area contributed by atoms with Crippen molar-refractivity contribution in [2.24, 2.45) is 5.92 Å². The van der Waals surface area contributed by atoms with Crippen molar-refractivity contribution in [2.45, 2.75) is 69.9 Å². The van der Waals surface area contributed by atoms with Crippen LogP contribution in [0.2, 0.25) is 0 Å². The second kappa shape index (κ2) is 7.01. The van der Waals surface area contributed by atoms with E-state index in [9.17, 15) is 0 Å². The maximum atomic E-state index is 9.16. The van der Waals surface area contributed by atoms with Crippen LogP contribution < -0.4 is 5.32 Å². The van der Waals surface area contributed by atoms with Crippen LogP contribution in [0.4, 0.5) is 0 Å². The van der Waals surface area contributed by atoms with Crippen molar-refractivity contribution in [2.75, 3.05) is 6.61 Å². The molecule has 0 saturated heterocycles. The molecule has 2 fully saturated rings. The van der Waals surface area contributed by atoms with E-state index in [0.29, 0.717) is 18.6 Å². The van der Waals surface area contributed by atoms with Crippen LogP contribution in [0.1, 0.15) is 67.2 Å². The highest BCUT2D eigenvalue weighted by Gasteiger charge is 2.22. The van der Waals surface area contributed by atoms with Gasteiger partial charge < -0.3 is 10.4 Å². The van der Waals surface area contributed by atoms with Crippen LogP contribution >= 0.6 is 11.3 Å². The predicted octanol–water partition coefficient (Wildman–Crippen LogP) is 3.44. The molecule has 4 heteroatoms. The van der Waals surface area contributed by atoms with E-state index < -0.39 is 0 Å². The molecule has 0 unspecified atom stereocenters. The highest BCUT2D eigenvalue weighted by molar-refractivity contribution is 7.11. The van der Waals surface area contributed by atoms with E-state index >= 15 is 0 Å². The molecule has 1 aromatic rings. The van der Waals surface area contributed by atoms with Gasteiger partial charge in [0.1, 0.15) is 0 Å². The number of aromatic nitrogens is 1. The van der Waals surface area contributed by atoms with Gasteiger partial charge in [-0.2, -0.15) is 0 Å². The summed E-state index contributed by atoms with van der Waals surface area (Å²) < 4.78 is 0. The maximum Gasteiger partial charge on any atom is 0.0959 e. The van der Waals surface area contributed by atoms with Crippen molar-refractivity contribution in [1.82, 2.24) is 10.3 Å². The van der Waals surface area contributed by atoms with Crippen LogP contribution in [0.5, 0.6) is 0 Å². The van der Waals surface area contributed by atoms with E-state index in [1.54, 1.807) is 0 Å². The number of nitrogens with one attached hydrogen (secondary N) is 1. The summed E-state index contributed by atoms with van der Waals surface area (Å²) >= 11 is 1.91. The fraction of sp³-hybridized carbons (Fsp3) is 0.812. The van der Waals surface area contributed by atoms with Gasteiger partial charge in [0.2, 0.25) is 0 Å². The topological polar surface area (TPSA) is 45.1 Å². The van der Waals surface area contributed by atoms with E-state index in [1.807, 2.05) is 11.3 Å². The third kappa shape index (κ3) is 3.60. The summed E-state index contributed by atoms with van der Waals surface area (Å²) in [5, 5.41) is 14.2. The Balaban J connectivity index is 1.44. The molecular formula is C16H26N2OS. The Hall–Kier alpha value is -0.450. The summed E-state index contributed by atoms with van der Waals surface area (Å²) in [6.45, 7) is 1.34. The molecule has 3 nitrogen and oxygen atoms in total. The van der Waals surface area contributed by atoms with E-state index in [-0.39, 0.29) is 0 Å². The van der Waals surface area contributed by atoms with Crippen molar-refractivity contribution in [3.8, 4) is 0 Å². The van der Waals surface area contributed by atoms with E-state index in [1.165, 1.54) is 61.3 Å². The Bertz CT molecular complexity index is 406. The van der Waals surface area contributed by atoms with Gasteiger partial charge in [0, 0.05) is 36.2 Å². The Labute approximate surface area is 125 Å². The van der Waals surface area contributed by atoms with Crippen LogP contribution in [0.15, 0.2) is 6.20 Å². The third-order valence-corrected chi connectivity index (χ3v) is 6.11. The molecule has 2 aliphatic rings. The summed E-state index contributed by atoms with van der Waals surface area (Å²) in [6, 6.07) is 0.634. The normalized spacial score (nSPS) is 28.1. The molecular weight excluding hydrogens is 268 g/mol. The zero-order valence-electron chi connectivity index (χ0n) is 12.2. The van der Waals surface area contributed by atoms with Gasteiger partial charge in [-0.15, -0.1) is 11.3 Å². The summed E-state index contributed by atoms with van der Waals surface area (Å²) in [7, 11) is 0. The molecule has 1 aromatic heterocycles. The number of thiazole rings is 1. The van der Waals surface area contributed by atoms with Crippen LogP contribution in [0.25, 0.3) is 0 Å². The molecule has 0 aliphatic heterocycles. The smallest absolute Gasteiger partial charge is 0.0959 e. The second-order valence-corrected chi connectivity index (χ2v) is 7.57. The lowest BCUT2D eigenvalue weighted by Crippen LogP contribution is -2.33. The fourth-order valence-corrected chi connectivity index (χ4v) is 4.60. The molecule has 3 rings (SSSR count). The maximum absolute atomic E-state index is 9.16. The molecule has 0 spiro atoms. The molecule has 2 saturated carbocycles. The number of nitrogens with zero attached hydrogens (tertiary/aromatic N) is 1. The molecule has 0 radical (unpaired) electrons. The number of hydrogen-bond donors (Lipinski definition) is 2. The fourth-order valence-electron chi connectivity index (χ4n) is 3.56. The standard InChI is InChI=1S/C16H26N2OS/c19-11-12-5-7-14(8-6-12)17-9-15-10-18-16(20-15)13-3-1-2-4-13/h10,12-14,17,19H,1-9,11H2. The Morgan fingerprint density at radius 2 is 1.90 bits per heavy atom. The highest BCUT2D eigenvalue weighted by atomic mass is 32.1. The Morgan fingerprint density at radius 1 is 1.15 bits per heavy atom. The quantitative estimate of drug-likeness (QED) is 0.874. The lowest BCUT2D eigenvalue weighted by atomic mass is 9.86. The first-order valence-corrected chi connectivity index (χ1v) is 8.95. The van der Waals surface area contributed by atoms with Crippen molar-refractivity contribution in [3.05, 3.63) is 16.1 Å². The average Bonchev–Trinajstić information content (AvgIpc) is 3.16. The minimum atomic E-state index is 0.367. The first-order valence-electron chi connectivity index (χ1n) is 8.14. The van der Waals surface area contributed by atoms with E-state index in [4.69, 9.17) is 5.11 Å². The minimum Gasteiger partial charge on any atom is -0.396 e. The van der Waals surface area contributed by atoms with Gasteiger partial charge >= 0.3 is 0 Å². The van der Waals surface area contributed by atoms with Gasteiger partial charge in [-0.3, -0.25) is 0 Å². The molecule has 112 valence electrons. The first-order chi connectivity index (χ1) is 9.85. The van der Waals surface area contributed by atoms with Crippen LogP contribution in [0, 0.1) is 5.92 Å². The minimum absolute atomic E-state index is 0.367. The molecule has 0 bridgehead atoms. The second-order valence-electron chi connectivity index (χ2n) is 6.43. The lowest BCUT2D eigenvalue weighted by Gasteiger charge is -2.27. The predicted molar refractivity (Wildman–Crippen MR) is 83.0 cm³/mol. The molecule has 0 aromatic carbocycles. The summed E-state index contributed by atoms with van der Waals surface area (Å²) in [5.41, 5.74) is 0. The number of hydrogen-bond acceptors (Lipinski definition) is 4. The van der Waals surface area contributed by atoms with Crippen molar-refractivity contribution >= 4 is 11.3 Å². The van der Waals surface area contributed by atoms with Crippen LogP contribution in [-0.4, -0.2) is 22.7 Å². The monoisotopic (exact) mass is 294 g/mol. The Morgan fingerprint density at radius 3 is 2.60 bits per heavy atom. The molecule has 2 aliphatic carbocycles. The van der Waals surface area contributed by atoms with Gasteiger partial charge in [-0.05, 0) is 44.4 Å². The van der Waals surface area contributed by atoms with Crippen LogP contribution in [0.3, 0.4) is 0 Å². The summed E-state index contributed by atoms with van der Waals surface area (Å²) in [6.07, 6.45) is 12.3. The Kier molecular flexibility index (Phi) is 5.08. The van der Waals surface area contributed by atoms with Gasteiger partial charge in [0.15, 0.2) is 0 Å². The summed E-state index contributed by atoms with van der Waals surface area (Å²) in [4.78, 5) is 6.02. The zero-order chi connectivity index (χ0) is 13.8. The zero-order valence-corrected chi connectivity index (χ0v) is 13.0. The van der Waals surface area contributed by atoms with E-state index in [2.05, 4.69) is 16.5 Å². The number of rotatable bonds is 5. The average molecular weight is 294 g/mol. The summed E-state index contributed by atoms with van der Waals surface area (Å²) in [5.74, 6) is 1.29. The molecule has 2 N–H and O–H groups in total. The van der Waals surface area contributed by atoms with Crippen molar-refractivity contribution in [1.29, 1.82) is 0 Å². The van der Waals surface area contributed by atoms with Crippen LogP contribution in [-0.2, 0) is 6.54 Å². The SMILES string of the molecule is OCC1CCC(NCc2cnc(C3CCCC3)s2)CC1. The number of aliphatic hydroxyl groups excluding tert-OH is 1. The third-order valence-electron chi connectivity index (χ3n) is 4.95. The highest BCUT2D eigenvalue weighted by Crippen LogP contribution is 2.36. The largest absolute Gasteiger partial charge is 0.396 e. The van der Waals surface area contributed by atoms with Gasteiger partial charge in [-0.25, -0.2) is 4.98 Å². The van der Waals surface area contributed by atoms with Crippen molar-refractivity contribution < 1.29 is 5.11 Å². The lowest BCUT2D eigenvalue weighted by molar-refractivity contribution is 0.175. The van der Waals surface area contributed by atoms with Gasteiger partial charge in [0.25, 0.3) is 0 Å². The van der Waals surface area contributed by atoms with E-state index in [0.717, 1.165) is 12.5 Å². The number of aliphatic hydroxyl groups is 1.